The Kier molecular flexibility index (Phi) is 4.51. The van der Waals surface area contributed by atoms with Gasteiger partial charge in [-0.1, -0.05) is 5.16 Å². The van der Waals surface area contributed by atoms with Crippen molar-refractivity contribution in [1.82, 2.24) is 20.1 Å². The number of nitrogens with one attached hydrogen (secondary N) is 2. The van der Waals surface area contributed by atoms with Gasteiger partial charge in [-0.25, -0.2) is 8.42 Å². The van der Waals surface area contributed by atoms with Crippen molar-refractivity contribution in [3.63, 3.8) is 0 Å². The maximum absolute atomic E-state index is 11.7. The molecule has 0 aliphatic carbocycles. The van der Waals surface area contributed by atoms with E-state index in [1.807, 2.05) is 9.62 Å². The second-order valence-corrected chi connectivity index (χ2v) is 6.02. The van der Waals surface area contributed by atoms with Crippen LogP contribution in [0.3, 0.4) is 0 Å². The van der Waals surface area contributed by atoms with Crippen molar-refractivity contribution in [3.05, 3.63) is 18.0 Å². The Hall–Kier alpha value is -1.45. The molecular weight excluding hydrogens is 272 g/mol. The minimum Gasteiger partial charge on any atom is -0.364 e. The summed E-state index contributed by atoms with van der Waals surface area (Å²) in [6.07, 6.45) is 1.29. The van der Waals surface area contributed by atoms with Gasteiger partial charge in [-0.2, -0.15) is 0 Å². The van der Waals surface area contributed by atoms with Gasteiger partial charge in [0.1, 0.15) is 17.7 Å². The molecule has 0 saturated carbocycles. The lowest BCUT2D eigenvalue weighted by Gasteiger charge is -2.26. The van der Waals surface area contributed by atoms with Crippen molar-refractivity contribution < 1.29 is 17.7 Å². The summed E-state index contributed by atoms with van der Waals surface area (Å²) in [5.74, 6) is -0.887. The van der Waals surface area contributed by atoms with Crippen molar-refractivity contribution in [1.29, 1.82) is 0 Å². The van der Waals surface area contributed by atoms with Crippen LogP contribution in [-0.2, 0) is 20.6 Å². The highest BCUT2D eigenvalue weighted by molar-refractivity contribution is 7.89. The number of amides is 1. The van der Waals surface area contributed by atoms with Crippen LogP contribution in [0.1, 0.15) is 5.69 Å². The van der Waals surface area contributed by atoms with Gasteiger partial charge in [-0.3, -0.25) is 14.4 Å². The van der Waals surface area contributed by atoms with Crippen LogP contribution >= 0.6 is 0 Å². The SMILES string of the molecule is O=C(CN1CCNCC1)NS(=O)(=O)Cc1ccon1. The number of carbonyl (C=O) groups is 1. The molecule has 0 bridgehead atoms. The molecule has 106 valence electrons. The topological polar surface area (TPSA) is 105 Å². The predicted octanol–water partition coefficient (Wildman–Crippen LogP) is -1.47. The summed E-state index contributed by atoms with van der Waals surface area (Å²) in [4.78, 5) is 13.6. The first-order valence-corrected chi connectivity index (χ1v) is 7.56. The van der Waals surface area contributed by atoms with E-state index < -0.39 is 15.9 Å². The molecule has 0 atom stereocenters. The third-order valence-corrected chi connectivity index (χ3v) is 3.89. The van der Waals surface area contributed by atoms with Gasteiger partial charge in [0, 0.05) is 32.2 Å². The minimum absolute atomic E-state index is 0.0831. The van der Waals surface area contributed by atoms with E-state index in [1.165, 1.54) is 12.3 Å². The number of hydrogen-bond acceptors (Lipinski definition) is 7. The van der Waals surface area contributed by atoms with Gasteiger partial charge in [0.15, 0.2) is 0 Å². The third-order valence-electron chi connectivity index (χ3n) is 2.68. The predicted molar refractivity (Wildman–Crippen MR) is 66.6 cm³/mol. The molecule has 0 unspecified atom stereocenters. The number of aromatic nitrogens is 1. The van der Waals surface area contributed by atoms with Crippen molar-refractivity contribution in [2.24, 2.45) is 0 Å². The summed E-state index contributed by atoms with van der Waals surface area (Å²) in [5, 5.41) is 6.66. The quantitative estimate of drug-likeness (QED) is 0.681. The highest BCUT2D eigenvalue weighted by Crippen LogP contribution is 2.01. The van der Waals surface area contributed by atoms with Gasteiger partial charge in [-0.05, 0) is 0 Å². The van der Waals surface area contributed by atoms with Gasteiger partial charge in [-0.15, -0.1) is 0 Å². The molecule has 2 N–H and O–H groups in total. The van der Waals surface area contributed by atoms with Crippen molar-refractivity contribution >= 4 is 15.9 Å². The van der Waals surface area contributed by atoms with Crippen molar-refractivity contribution in [2.75, 3.05) is 32.7 Å². The largest absolute Gasteiger partial charge is 0.364 e. The lowest BCUT2D eigenvalue weighted by Crippen LogP contribution is -2.48. The van der Waals surface area contributed by atoms with Gasteiger partial charge >= 0.3 is 0 Å². The van der Waals surface area contributed by atoms with Crippen LogP contribution in [0, 0.1) is 0 Å². The Labute approximate surface area is 111 Å². The number of hydrogen-bond donors (Lipinski definition) is 2. The third kappa shape index (κ3) is 4.62. The Bertz CT molecular complexity index is 508. The minimum atomic E-state index is -3.72. The normalized spacial score (nSPS) is 17.3. The summed E-state index contributed by atoms with van der Waals surface area (Å²) in [7, 11) is -3.72. The average molecular weight is 288 g/mol. The zero-order valence-electron chi connectivity index (χ0n) is 10.3. The summed E-state index contributed by atoms with van der Waals surface area (Å²) >= 11 is 0. The maximum atomic E-state index is 11.7. The monoisotopic (exact) mass is 288 g/mol. The summed E-state index contributed by atoms with van der Waals surface area (Å²) in [6.45, 7) is 3.16. The van der Waals surface area contributed by atoms with Gasteiger partial charge in [0.05, 0.1) is 6.54 Å². The van der Waals surface area contributed by atoms with E-state index in [4.69, 9.17) is 0 Å². The van der Waals surface area contributed by atoms with E-state index in [2.05, 4.69) is 15.0 Å². The Morgan fingerprint density at radius 1 is 1.47 bits per heavy atom. The fourth-order valence-electron chi connectivity index (χ4n) is 1.82. The molecule has 9 heteroatoms. The molecule has 1 amide bonds. The highest BCUT2D eigenvalue weighted by atomic mass is 32.2. The van der Waals surface area contributed by atoms with E-state index in [0.29, 0.717) is 0 Å². The Balaban J connectivity index is 1.83. The summed E-state index contributed by atoms with van der Waals surface area (Å²) in [6, 6.07) is 1.44. The molecule has 1 aliphatic heterocycles. The molecule has 1 saturated heterocycles. The Morgan fingerprint density at radius 2 is 2.21 bits per heavy atom. The first-order chi connectivity index (χ1) is 9.05. The molecule has 1 aromatic rings. The second kappa shape index (κ2) is 6.13. The first kappa shape index (κ1) is 14.0. The Morgan fingerprint density at radius 3 is 2.84 bits per heavy atom. The molecular formula is C10H16N4O4S. The van der Waals surface area contributed by atoms with Gasteiger partial charge < -0.3 is 9.84 Å². The molecule has 19 heavy (non-hydrogen) atoms. The zero-order chi connectivity index (χ0) is 13.7. The van der Waals surface area contributed by atoms with E-state index in [-0.39, 0.29) is 18.0 Å². The summed E-state index contributed by atoms with van der Waals surface area (Å²) in [5.41, 5.74) is 0.266. The van der Waals surface area contributed by atoms with Crippen LogP contribution < -0.4 is 10.0 Å². The molecule has 2 heterocycles. The number of carbonyl (C=O) groups excluding carboxylic acids is 1. The van der Waals surface area contributed by atoms with Crippen LogP contribution in [0.25, 0.3) is 0 Å². The van der Waals surface area contributed by atoms with Crippen LogP contribution in [0.15, 0.2) is 16.9 Å². The van der Waals surface area contributed by atoms with Crippen LogP contribution in [0.2, 0.25) is 0 Å². The lowest BCUT2D eigenvalue weighted by molar-refractivity contribution is -0.120. The maximum Gasteiger partial charge on any atom is 0.247 e. The van der Waals surface area contributed by atoms with E-state index in [1.54, 1.807) is 0 Å². The fraction of sp³-hybridized carbons (Fsp3) is 0.600. The lowest BCUT2D eigenvalue weighted by atomic mass is 10.3. The van der Waals surface area contributed by atoms with Crippen LogP contribution in [0.4, 0.5) is 0 Å². The van der Waals surface area contributed by atoms with Crippen LogP contribution in [0.5, 0.6) is 0 Å². The smallest absolute Gasteiger partial charge is 0.247 e. The number of nitrogens with zero attached hydrogens (tertiary/aromatic N) is 2. The van der Waals surface area contributed by atoms with Gasteiger partial charge in [0.2, 0.25) is 15.9 Å². The molecule has 2 rings (SSSR count). The fourth-order valence-corrected chi connectivity index (χ4v) is 2.84. The number of rotatable bonds is 5. The molecule has 0 radical (unpaired) electrons. The average Bonchev–Trinajstić information content (AvgIpc) is 2.81. The van der Waals surface area contributed by atoms with Crippen LogP contribution in [-0.4, -0.2) is 57.1 Å². The highest BCUT2D eigenvalue weighted by Gasteiger charge is 2.19. The van der Waals surface area contributed by atoms with Crippen molar-refractivity contribution in [3.8, 4) is 0 Å². The van der Waals surface area contributed by atoms with Gasteiger partial charge in [0.25, 0.3) is 0 Å². The molecule has 1 fully saturated rings. The molecule has 1 aromatic heterocycles. The molecule has 1 aliphatic rings. The number of piperazine rings is 1. The van der Waals surface area contributed by atoms with E-state index in [0.717, 1.165) is 26.2 Å². The summed E-state index contributed by atoms with van der Waals surface area (Å²) < 4.78 is 30.0. The zero-order valence-corrected chi connectivity index (χ0v) is 11.1. The number of sulfonamides is 1. The van der Waals surface area contributed by atoms with E-state index >= 15 is 0 Å². The molecule has 8 nitrogen and oxygen atoms in total. The van der Waals surface area contributed by atoms with E-state index in [9.17, 15) is 13.2 Å². The molecule has 0 spiro atoms. The second-order valence-electron chi connectivity index (χ2n) is 4.30. The first-order valence-electron chi connectivity index (χ1n) is 5.91. The molecule has 0 aromatic carbocycles. The standard InChI is InChI=1S/C10H16N4O4S/c15-10(7-14-4-2-11-3-5-14)13-19(16,17)8-9-1-6-18-12-9/h1,6,11H,2-5,7-8H2,(H,13,15). The van der Waals surface area contributed by atoms with Crippen molar-refractivity contribution in [2.45, 2.75) is 5.75 Å².